The van der Waals surface area contributed by atoms with Crippen LogP contribution in [0, 0.1) is 15.9 Å². The Hall–Kier alpha value is -2.07. The largest absolute Gasteiger partial charge is 0.311 e. The number of benzene rings is 1. The standard InChI is InChI=1S/C12H14FN3O5S/c1-14(22(2,20)21)7-11(17)15-6-5-8-9(15)3-4-10(12(8)13)16(18)19/h3-4H,5-7H2,1-2H3. The Labute approximate surface area is 126 Å². The van der Waals surface area contributed by atoms with Crippen LogP contribution in [0.2, 0.25) is 0 Å². The van der Waals surface area contributed by atoms with Crippen LogP contribution >= 0.6 is 0 Å². The highest BCUT2D eigenvalue weighted by molar-refractivity contribution is 7.88. The van der Waals surface area contributed by atoms with Gasteiger partial charge in [-0.3, -0.25) is 14.9 Å². The fourth-order valence-electron chi connectivity index (χ4n) is 2.23. The molecule has 0 spiro atoms. The average Bonchev–Trinajstić information content (AvgIpc) is 2.82. The maximum atomic E-state index is 14.0. The first-order chi connectivity index (χ1) is 10.1. The Morgan fingerprint density at radius 3 is 2.68 bits per heavy atom. The molecule has 8 nitrogen and oxygen atoms in total. The number of nitrogens with zero attached hydrogens (tertiary/aromatic N) is 3. The first kappa shape index (κ1) is 16.3. The van der Waals surface area contributed by atoms with E-state index in [-0.39, 0.29) is 30.8 Å². The summed E-state index contributed by atoms with van der Waals surface area (Å²) in [5, 5.41) is 10.7. The average molecular weight is 331 g/mol. The van der Waals surface area contributed by atoms with Crippen LogP contribution in [0.1, 0.15) is 5.56 Å². The molecule has 0 aromatic heterocycles. The van der Waals surface area contributed by atoms with Gasteiger partial charge in [-0.2, -0.15) is 8.70 Å². The minimum atomic E-state index is -3.51. The summed E-state index contributed by atoms with van der Waals surface area (Å²) in [6.45, 7) is -0.221. The normalized spacial score (nSPS) is 14.3. The predicted molar refractivity (Wildman–Crippen MR) is 76.6 cm³/mol. The van der Waals surface area contributed by atoms with E-state index in [1.165, 1.54) is 18.0 Å². The SMILES string of the molecule is CN(CC(=O)N1CCc2c1ccc([N+](=O)[O-])c2F)S(C)(=O)=O. The number of amides is 1. The summed E-state index contributed by atoms with van der Waals surface area (Å²) in [6, 6.07) is 2.31. The van der Waals surface area contributed by atoms with Crippen LogP contribution in [0.15, 0.2) is 12.1 Å². The van der Waals surface area contributed by atoms with Crippen LogP contribution in [0.25, 0.3) is 0 Å². The molecule has 1 heterocycles. The Kier molecular flexibility index (Phi) is 4.16. The third-order valence-corrected chi connectivity index (χ3v) is 4.76. The molecule has 0 unspecified atom stereocenters. The summed E-state index contributed by atoms with van der Waals surface area (Å²) in [5.74, 6) is -1.46. The highest BCUT2D eigenvalue weighted by Gasteiger charge is 2.32. The van der Waals surface area contributed by atoms with Crippen molar-refractivity contribution in [2.75, 3.05) is 31.3 Å². The topological polar surface area (TPSA) is 101 Å². The molecule has 0 saturated heterocycles. The fourth-order valence-corrected chi connectivity index (χ4v) is 2.57. The molecule has 2 rings (SSSR count). The van der Waals surface area contributed by atoms with Gasteiger partial charge in [0.1, 0.15) is 0 Å². The van der Waals surface area contributed by atoms with Crippen molar-refractivity contribution in [3.05, 3.63) is 33.6 Å². The molecule has 0 bridgehead atoms. The number of anilines is 1. The number of halogens is 1. The maximum absolute atomic E-state index is 14.0. The van der Waals surface area contributed by atoms with Gasteiger partial charge in [-0.1, -0.05) is 0 Å². The Morgan fingerprint density at radius 1 is 1.50 bits per heavy atom. The van der Waals surface area contributed by atoms with Gasteiger partial charge in [0, 0.05) is 25.2 Å². The fraction of sp³-hybridized carbons (Fsp3) is 0.417. The second-order valence-electron chi connectivity index (χ2n) is 4.97. The third kappa shape index (κ3) is 2.92. The second kappa shape index (κ2) is 5.61. The second-order valence-corrected chi connectivity index (χ2v) is 7.06. The zero-order valence-corrected chi connectivity index (χ0v) is 12.8. The van der Waals surface area contributed by atoms with E-state index in [1.54, 1.807) is 0 Å². The van der Waals surface area contributed by atoms with Crippen LogP contribution in [0.5, 0.6) is 0 Å². The van der Waals surface area contributed by atoms with Crippen molar-refractivity contribution in [3.63, 3.8) is 0 Å². The number of rotatable bonds is 4. The Morgan fingerprint density at radius 2 is 2.14 bits per heavy atom. The van der Waals surface area contributed by atoms with Crippen molar-refractivity contribution < 1.29 is 22.5 Å². The van der Waals surface area contributed by atoms with Gasteiger partial charge in [-0.05, 0) is 12.5 Å². The van der Waals surface area contributed by atoms with Gasteiger partial charge in [0.15, 0.2) is 0 Å². The van der Waals surface area contributed by atoms with E-state index in [4.69, 9.17) is 0 Å². The predicted octanol–water partition coefficient (Wildman–Crippen LogP) is 0.514. The van der Waals surface area contributed by atoms with Crippen molar-refractivity contribution in [3.8, 4) is 0 Å². The van der Waals surface area contributed by atoms with E-state index >= 15 is 0 Å². The summed E-state index contributed by atoms with van der Waals surface area (Å²) in [7, 11) is -2.24. The number of carbonyl (C=O) groups is 1. The number of fused-ring (bicyclic) bond motifs is 1. The number of likely N-dealkylation sites (N-methyl/N-ethyl adjacent to an activating group) is 1. The molecule has 1 aromatic carbocycles. The van der Waals surface area contributed by atoms with Crippen LogP contribution in [-0.2, 0) is 21.2 Å². The van der Waals surface area contributed by atoms with Gasteiger partial charge in [-0.25, -0.2) is 8.42 Å². The van der Waals surface area contributed by atoms with E-state index in [9.17, 15) is 27.7 Å². The number of sulfonamides is 1. The molecule has 0 atom stereocenters. The number of nitro benzene ring substituents is 1. The van der Waals surface area contributed by atoms with E-state index in [1.807, 2.05) is 0 Å². The van der Waals surface area contributed by atoms with Crippen molar-refractivity contribution in [1.82, 2.24) is 4.31 Å². The van der Waals surface area contributed by atoms with Crippen molar-refractivity contribution >= 4 is 27.3 Å². The molecule has 0 saturated carbocycles. The van der Waals surface area contributed by atoms with Gasteiger partial charge < -0.3 is 4.90 Å². The molecule has 0 aliphatic carbocycles. The lowest BCUT2D eigenvalue weighted by atomic mass is 10.1. The minimum absolute atomic E-state index is 0.101. The van der Waals surface area contributed by atoms with E-state index in [0.29, 0.717) is 0 Å². The van der Waals surface area contributed by atoms with Crippen LogP contribution in [-0.4, -0.2) is 49.9 Å². The third-order valence-electron chi connectivity index (χ3n) is 3.50. The molecular formula is C12H14FN3O5S. The molecule has 10 heteroatoms. The molecule has 1 aliphatic heterocycles. The summed E-state index contributed by atoms with van der Waals surface area (Å²) >= 11 is 0. The van der Waals surface area contributed by atoms with Gasteiger partial charge >= 0.3 is 5.69 Å². The number of nitro groups is 1. The van der Waals surface area contributed by atoms with E-state index in [0.717, 1.165) is 16.6 Å². The zero-order valence-electron chi connectivity index (χ0n) is 11.9. The smallest absolute Gasteiger partial charge is 0.305 e. The van der Waals surface area contributed by atoms with Crippen LogP contribution < -0.4 is 4.90 Å². The molecule has 120 valence electrons. The van der Waals surface area contributed by atoms with Crippen molar-refractivity contribution in [2.24, 2.45) is 0 Å². The van der Waals surface area contributed by atoms with Gasteiger partial charge in [0.2, 0.25) is 21.7 Å². The molecule has 1 amide bonds. The van der Waals surface area contributed by atoms with E-state index < -0.39 is 32.4 Å². The summed E-state index contributed by atoms with van der Waals surface area (Å²) in [5.41, 5.74) is -0.291. The Bertz CT molecular complexity index is 749. The lowest BCUT2D eigenvalue weighted by Gasteiger charge is -2.20. The van der Waals surface area contributed by atoms with Gasteiger partial charge in [0.05, 0.1) is 23.4 Å². The molecule has 22 heavy (non-hydrogen) atoms. The first-order valence-corrected chi connectivity index (χ1v) is 8.15. The zero-order chi connectivity index (χ0) is 16.7. The highest BCUT2D eigenvalue weighted by Crippen LogP contribution is 2.34. The number of carbonyl (C=O) groups excluding carboxylic acids is 1. The first-order valence-electron chi connectivity index (χ1n) is 6.30. The highest BCUT2D eigenvalue weighted by atomic mass is 32.2. The van der Waals surface area contributed by atoms with Gasteiger partial charge in [0.25, 0.3) is 0 Å². The van der Waals surface area contributed by atoms with Crippen molar-refractivity contribution in [1.29, 1.82) is 0 Å². The molecule has 0 fully saturated rings. The molecule has 1 aromatic rings. The maximum Gasteiger partial charge on any atom is 0.305 e. The summed E-state index contributed by atoms with van der Waals surface area (Å²) < 4.78 is 37.6. The quantitative estimate of drug-likeness (QED) is 0.591. The minimum Gasteiger partial charge on any atom is -0.311 e. The monoisotopic (exact) mass is 331 g/mol. The molecular weight excluding hydrogens is 317 g/mol. The van der Waals surface area contributed by atoms with Gasteiger partial charge in [-0.15, -0.1) is 0 Å². The lowest BCUT2D eigenvalue weighted by molar-refractivity contribution is -0.387. The molecule has 0 N–H and O–H groups in total. The molecule has 0 radical (unpaired) electrons. The Balaban J connectivity index is 2.28. The van der Waals surface area contributed by atoms with Crippen LogP contribution in [0.3, 0.4) is 0 Å². The summed E-state index contributed by atoms with van der Waals surface area (Å²) in [4.78, 5) is 23.3. The number of hydrogen-bond donors (Lipinski definition) is 0. The lowest BCUT2D eigenvalue weighted by Crippen LogP contribution is -2.40. The summed E-state index contributed by atoms with van der Waals surface area (Å²) in [6.07, 6.45) is 1.12. The molecule has 1 aliphatic rings. The van der Waals surface area contributed by atoms with Crippen molar-refractivity contribution in [2.45, 2.75) is 6.42 Å². The van der Waals surface area contributed by atoms with E-state index in [2.05, 4.69) is 0 Å². The van der Waals surface area contributed by atoms with Crippen LogP contribution in [0.4, 0.5) is 15.8 Å². The number of hydrogen-bond acceptors (Lipinski definition) is 5.